The van der Waals surface area contributed by atoms with Crippen LogP contribution in [0.3, 0.4) is 0 Å². The van der Waals surface area contributed by atoms with Gasteiger partial charge in [-0.1, -0.05) is 174 Å². The van der Waals surface area contributed by atoms with Gasteiger partial charge >= 0.3 is 0 Å². The van der Waals surface area contributed by atoms with E-state index < -0.39 is 72.2 Å². The lowest BCUT2D eigenvalue weighted by Gasteiger charge is -2.40. The Labute approximate surface area is 317 Å². The van der Waals surface area contributed by atoms with Crippen molar-refractivity contribution in [2.24, 2.45) is 0 Å². The van der Waals surface area contributed by atoms with Gasteiger partial charge in [-0.15, -0.1) is 0 Å². The maximum atomic E-state index is 13.1. The Morgan fingerprint density at radius 3 is 1.42 bits per heavy atom. The summed E-state index contributed by atoms with van der Waals surface area (Å²) in [6, 6.07) is -1.25. The van der Waals surface area contributed by atoms with Gasteiger partial charge in [-0.25, -0.2) is 13.1 Å². The van der Waals surface area contributed by atoms with Crippen molar-refractivity contribution in [3.05, 3.63) is 0 Å². The second-order valence-electron chi connectivity index (χ2n) is 15.4. The average Bonchev–Trinajstić information content (AvgIpc) is 3.13. The molecule has 8 atom stereocenters. The molecular formula is C40H81NO10S. The number of aliphatic hydroxyl groups is 6. The zero-order valence-corrected chi connectivity index (χ0v) is 33.9. The molecule has 11 nitrogen and oxygen atoms in total. The molecule has 1 saturated heterocycles. The summed E-state index contributed by atoms with van der Waals surface area (Å²) < 4.78 is 39.8. The lowest BCUT2D eigenvalue weighted by atomic mass is 9.99. The topological polar surface area (TPSA) is 186 Å². The number of nitrogens with one attached hydrogen (secondary N) is 1. The van der Waals surface area contributed by atoms with Gasteiger partial charge in [0.25, 0.3) is 0 Å². The number of aliphatic hydroxyl groups excluding tert-OH is 6. The average molecular weight is 768 g/mol. The molecule has 1 fully saturated rings. The first-order chi connectivity index (χ1) is 25.1. The highest BCUT2D eigenvalue weighted by Crippen LogP contribution is 2.23. The zero-order valence-electron chi connectivity index (χ0n) is 33.1. The molecule has 0 spiro atoms. The summed E-state index contributed by atoms with van der Waals surface area (Å²) in [6.45, 7) is 3.35. The standard InChI is InChI=1S/C40H81NO10S/c1-3-5-7-9-11-13-15-17-18-20-22-24-26-28-30-52(48,49)41-33(32-50-40-39(47)38(46)37(45)35(31-42)51-40)36(44)34(43)29-27-25-23-21-19-16-14-12-10-8-6-4-2/h33-47H,3-32H2,1-2H3/t33-,34+,35?,36-,37-,38-,39?,40-/m0/s1. The third-order valence-electron chi connectivity index (χ3n) is 10.5. The molecule has 1 heterocycles. The molecule has 0 aromatic carbocycles. The van der Waals surface area contributed by atoms with E-state index in [9.17, 15) is 39.1 Å². The van der Waals surface area contributed by atoms with Gasteiger partial charge in [0.05, 0.1) is 37.2 Å². The summed E-state index contributed by atoms with van der Waals surface area (Å²) in [5.74, 6) is -0.136. The highest BCUT2D eigenvalue weighted by atomic mass is 32.2. The quantitative estimate of drug-likeness (QED) is 0.0353. The van der Waals surface area contributed by atoms with Crippen molar-refractivity contribution in [3.8, 4) is 0 Å². The normalized spacial score (nSPS) is 22.8. The van der Waals surface area contributed by atoms with Gasteiger partial charge in [0, 0.05) is 0 Å². The molecule has 1 aliphatic heterocycles. The second kappa shape index (κ2) is 31.8. The molecule has 1 rings (SSSR count). The lowest BCUT2D eigenvalue weighted by molar-refractivity contribution is -0.303. The van der Waals surface area contributed by atoms with E-state index in [2.05, 4.69) is 18.6 Å². The molecule has 7 N–H and O–H groups in total. The smallest absolute Gasteiger partial charge is 0.212 e. The number of hydrogen-bond acceptors (Lipinski definition) is 10. The summed E-state index contributed by atoms with van der Waals surface area (Å²) in [6.07, 6.45) is 20.1. The molecule has 0 bridgehead atoms. The van der Waals surface area contributed by atoms with Gasteiger partial charge in [-0.05, 0) is 12.8 Å². The van der Waals surface area contributed by atoms with Gasteiger partial charge in [0.2, 0.25) is 10.0 Å². The van der Waals surface area contributed by atoms with Crippen LogP contribution < -0.4 is 4.72 Å². The highest BCUT2D eigenvalue weighted by Gasteiger charge is 2.44. The van der Waals surface area contributed by atoms with E-state index in [-0.39, 0.29) is 12.2 Å². The molecular weight excluding hydrogens is 687 g/mol. The second-order valence-corrected chi connectivity index (χ2v) is 17.3. The van der Waals surface area contributed by atoms with Gasteiger partial charge in [0.15, 0.2) is 6.29 Å². The third-order valence-corrected chi connectivity index (χ3v) is 12.0. The van der Waals surface area contributed by atoms with Crippen molar-refractivity contribution >= 4 is 10.0 Å². The molecule has 0 aromatic rings. The monoisotopic (exact) mass is 768 g/mol. The first kappa shape index (κ1) is 49.6. The fourth-order valence-corrected chi connectivity index (χ4v) is 8.39. The number of hydrogen-bond donors (Lipinski definition) is 7. The molecule has 0 saturated carbocycles. The van der Waals surface area contributed by atoms with Crippen LogP contribution in [0.1, 0.15) is 187 Å². The first-order valence-electron chi connectivity index (χ1n) is 21.4. The van der Waals surface area contributed by atoms with Gasteiger partial charge < -0.3 is 40.1 Å². The van der Waals surface area contributed by atoms with Crippen LogP contribution in [0, 0.1) is 0 Å². The van der Waals surface area contributed by atoms with Crippen LogP contribution in [0.25, 0.3) is 0 Å². The van der Waals surface area contributed by atoms with Crippen LogP contribution in [0.4, 0.5) is 0 Å². The van der Waals surface area contributed by atoms with E-state index >= 15 is 0 Å². The zero-order chi connectivity index (χ0) is 38.5. The Morgan fingerprint density at radius 2 is 1.00 bits per heavy atom. The van der Waals surface area contributed by atoms with E-state index in [1.807, 2.05) is 0 Å². The van der Waals surface area contributed by atoms with Gasteiger partial charge in [-0.2, -0.15) is 0 Å². The Morgan fingerprint density at radius 1 is 0.596 bits per heavy atom. The Hall–Kier alpha value is -0.410. The predicted molar refractivity (Wildman–Crippen MR) is 208 cm³/mol. The molecule has 1 aliphatic rings. The van der Waals surface area contributed by atoms with Gasteiger partial charge in [-0.3, -0.25) is 0 Å². The third kappa shape index (κ3) is 23.5. The summed E-state index contributed by atoms with van der Waals surface area (Å²) in [5.41, 5.74) is 0. The first-order valence-corrected chi connectivity index (χ1v) is 23.0. The SMILES string of the molecule is CCCCCCCCCCCCCCCCS(=O)(=O)N[C@@H](CO[C@H]1OC(CO)[C@H](O)[C@H](O)C1O)[C@H](O)[C@H](O)CCCCCCCCCCCCCC. The number of ether oxygens (including phenoxy) is 2. The van der Waals surface area contributed by atoms with Crippen LogP contribution in [0.2, 0.25) is 0 Å². The van der Waals surface area contributed by atoms with Crippen molar-refractivity contribution in [1.82, 2.24) is 4.72 Å². The van der Waals surface area contributed by atoms with Crippen LogP contribution >= 0.6 is 0 Å². The fourth-order valence-electron chi connectivity index (χ4n) is 7.02. The van der Waals surface area contributed by atoms with Crippen molar-refractivity contribution in [3.63, 3.8) is 0 Å². The minimum absolute atomic E-state index is 0.136. The van der Waals surface area contributed by atoms with Crippen LogP contribution in [0.15, 0.2) is 0 Å². The molecule has 0 radical (unpaired) electrons. The van der Waals surface area contributed by atoms with E-state index in [1.165, 1.54) is 109 Å². The van der Waals surface area contributed by atoms with E-state index in [1.54, 1.807) is 0 Å². The minimum Gasteiger partial charge on any atom is -0.394 e. The molecule has 12 heteroatoms. The van der Waals surface area contributed by atoms with Gasteiger partial charge in [0.1, 0.15) is 24.4 Å². The summed E-state index contributed by atoms with van der Waals surface area (Å²) in [7, 11) is -3.86. The molecule has 0 aromatic heterocycles. The summed E-state index contributed by atoms with van der Waals surface area (Å²) in [5, 5.41) is 62.1. The highest BCUT2D eigenvalue weighted by molar-refractivity contribution is 7.89. The van der Waals surface area contributed by atoms with Crippen molar-refractivity contribution in [2.75, 3.05) is 19.0 Å². The van der Waals surface area contributed by atoms with Crippen LogP contribution in [-0.4, -0.2) is 107 Å². The van der Waals surface area contributed by atoms with Crippen LogP contribution in [-0.2, 0) is 19.5 Å². The summed E-state index contributed by atoms with van der Waals surface area (Å²) >= 11 is 0. The van der Waals surface area contributed by atoms with Crippen molar-refractivity contribution < 1.29 is 48.5 Å². The number of unbranched alkanes of at least 4 members (excludes halogenated alkanes) is 24. The molecule has 52 heavy (non-hydrogen) atoms. The van der Waals surface area contributed by atoms with Crippen molar-refractivity contribution in [1.29, 1.82) is 0 Å². The van der Waals surface area contributed by atoms with E-state index in [4.69, 9.17) is 9.47 Å². The lowest BCUT2D eigenvalue weighted by Crippen LogP contribution is -2.60. The number of sulfonamides is 1. The largest absolute Gasteiger partial charge is 0.394 e. The summed E-state index contributed by atoms with van der Waals surface area (Å²) in [4.78, 5) is 0. The Kier molecular flexibility index (Phi) is 30.3. The van der Waals surface area contributed by atoms with Crippen LogP contribution in [0.5, 0.6) is 0 Å². The van der Waals surface area contributed by atoms with E-state index in [0.717, 1.165) is 44.9 Å². The molecule has 0 aliphatic carbocycles. The Balaban J connectivity index is 2.52. The molecule has 312 valence electrons. The maximum Gasteiger partial charge on any atom is 0.212 e. The molecule has 2 unspecified atom stereocenters. The fraction of sp³-hybridized carbons (Fsp3) is 1.00. The Bertz CT molecular complexity index is 911. The minimum atomic E-state index is -3.86. The number of rotatable bonds is 36. The predicted octanol–water partition coefficient (Wildman–Crippen LogP) is 6.39. The maximum absolute atomic E-state index is 13.1. The van der Waals surface area contributed by atoms with E-state index in [0.29, 0.717) is 12.8 Å². The molecule has 0 amide bonds. The van der Waals surface area contributed by atoms with Crippen molar-refractivity contribution in [2.45, 2.75) is 236 Å².